The second-order valence-corrected chi connectivity index (χ2v) is 6.50. The molecule has 4 atom stereocenters. The van der Waals surface area contributed by atoms with E-state index in [2.05, 4.69) is 39.8 Å². The molecule has 0 aromatic rings. The van der Waals surface area contributed by atoms with E-state index in [0.29, 0.717) is 24.2 Å². The molecule has 1 unspecified atom stereocenters. The summed E-state index contributed by atoms with van der Waals surface area (Å²) >= 11 is 0. The first-order valence-electron chi connectivity index (χ1n) is 7.41. The molecule has 1 rings (SSSR count). The number of hydrogen-bond donors (Lipinski definition) is 1. The fourth-order valence-electron chi connectivity index (χ4n) is 2.34. The minimum atomic E-state index is -0.545. The van der Waals surface area contributed by atoms with Crippen molar-refractivity contribution in [2.45, 2.75) is 66.0 Å². The van der Waals surface area contributed by atoms with Crippen LogP contribution in [-0.2, 0) is 9.47 Å². The summed E-state index contributed by atoms with van der Waals surface area (Å²) < 4.78 is 11.8. The van der Waals surface area contributed by atoms with Crippen LogP contribution in [0.2, 0.25) is 0 Å². The van der Waals surface area contributed by atoms with Crippen LogP contribution >= 0.6 is 0 Å². The summed E-state index contributed by atoms with van der Waals surface area (Å²) in [4.78, 5) is 0. The van der Waals surface area contributed by atoms with Crippen LogP contribution in [0.1, 0.15) is 48.0 Å². The molecule has 3 heteroatoms. The summed E-state index contributed by atoms with van der Waals surface area (Å²) in [5.74, 6) is 0.957. The summed E-state index contributed by atoms with van der Waals surface area (Å²) in [6.45, 7) is 12.9. The first kappa shape index (κ1) is 16.7. The first-order chi connectivity index (χ1) is 8.76. The molecular formula is C16H30O3. The second kappa shape index (κ2) is 6.87. The van der Waals surface area contributed by atoms with E-state index in [0.717, 1.165) is 0 Å². The predicted molar refractivity (Wildman–Crippen MR) is 77.8 cm³/mol. The van der Waals surface area contributed by atoms with Crippen molar-refractivity contribution in [3.8, 4) is 0 Å². The standard InChI is InChI=1S/C16H30O3/c1-11(2)12(3)7-8-13(4)15-14(9-10-17)18-16(5,6)19-15/h7-8,11-15,17H,9-10H2,1-6H3/b8-7-/t12-,13?,14+,15-/m1/s1. The van der Waals surface area contributed by atoms with Crippen LogP contribution in [0.25, 0.3) is 0 Å². The summed E-state index contributed by atoms with van der Waals surface area (Å²) in [5, 5.41) is 9.13. The largest absolute Gasteiger partial charge is 0.396 e. The van der Waals surface area contributed by atoms with Crippen molar-refractivity contribution < 1.29 is 14.6 Å². The Kier molecular flexibility index (Phi) is 6.03. The lowest BCUT2D eigenvalue weighted by Gasteiger charge is -2.21. The second-order valence-electron chi connectivity index (χ2n) is 6.50. The molecule has 0 radical (unpaired) electrons. The monoisotopic (exact) mass is 270 g/mol. The molecule has 0 aliphatic carbocycles. The van der Waals surface area contributed by atoms with Gasteiger partial charge in [-0.25, -0.2) is 0 Å². The summed E-state index contributed by atoms with van der Waals surface area (Å²) in [7, 11) is 0. The molecule has 0 spiro atoms. The Labute approximate surface area is 118 Å². The van der Waals surface area contributed by atoms with Gasteiger partial charge in [0.1, 0.15) is 0 Å². The van der Waals surface area contributed by atoms with Gasteiger partial charge in [-0.3, -0.25) is 0 Å². The van der Waals surface area contributed by atoms with E-state index >= 15 is 0 Å². The van der Waals surface area contributed by atoms with E-state index in [1.165, 1.54) is 0 Å². The minimum Gasteiger partial charge on any atom is -0.396 e. The van der Waals surface area contributed by atoms with Crippen molar-refractivity contribution in [3.05, 3.63) is 12.2 Å². The van der Waals surface area contributed by atoms with Crippen LogP contribution in [0.5, 0.6) is 0 Å². The number of aliphatic hydroxyl groups is 1. The van der Waals surface area contributed by atoms with Gasteiger partial charge in [0, 0.05) is 12.5 Å². The van der Waals surface area contributed by atoms with E-state index in [-0.39, 0.29) is 18.8 Å². The van der Waals surface area contributed by atoms with Gasteiger partial charge in [-0.1, -0.05) is 39.8 Å². The van der Waals surface area contributed by atoms with Crippen molar-refractivity contribution in [1.29, 1.82) is 0 Å². The smallest absolute Gasteiger partial charge is 0.163 e. The highest BCUT2D eigenvalue weighted by atomic mass is 16.8. The molecule has 1 fully saturated rings. The molecule has 0 saturated carbocycles. The third-order valence-corrected chi connectivity index (χ3v) is 3.92. The zero-order valence-corrected chi connectivity index (χ0v) is 13.2. The molecule has 1 saturated heterocycles. The maximum Gasteiger partial charge on any atom is 0.163 e. The molecule has 1 aliphatic heterocycles. The fourth-order valence-corrected chi connectivity index (χ4v) is 2.34. The number of hydrogen-bond acceptors (Lipinski definition) is 3. The topological polar surface area (TPSA) is 38.7 Å². The van der Waals surface area contributed by atoms with Gasteiger partial charge in [0.05, 0.1) is 12.2 Å². The van der Waals surface area contributed by atoms with Crippen LogP contribution in [0.15, 0.2) is 12.2 Å². The third kappa shape index (κ3) is 4.90. The number of rotatable bonds is 6. The molecule has 0 aromatic carbocycles. The molecule has 0 bridgehead atoms. The zero-order valence-electron chi connectivity index (χ0n) is 13.2. The van der Waals surface area contributed by atoms with E-state index in [1.54, 1.807) is 0 Å². The molecule has 19 heavy (non-hydrogen) atoms. The van der Waals surface area contributed by atoms with Gasteiger partial charge in [0.15, 0.2) is 5.79 Å². The maximum atomic E-state index is 9.13. The average Bonchev–Trinajstić information content (AvgIpc) is 2.61. The number of allylic oxidation sites excluding steroid dienone is 1. The van der Waals surface area contributed by atoms with Gasteiger partial charge in [-0.05, 0) is 32.1 Å². The van der Waals surface area contributed by atoms with Crippen LogP contribution in [0.3, 0.4) is 0 Å². The Morgan fingerprint density at radius 3 is 2.26 bits per heavy atom. The Bertz CT molecular complexity index is 296. The summed E-state index contributed by atoms with van der Waals surface area (Å²) in [5.41, 5.74) is 0. The Hall–Kier alpha value is -0.380. The van der Waals surface area contributed by atoms with Gasteiger partial charge in [-0.15, -0.1) is 0 Å². The lowest BCUT2D eigenvalue weighted by Crippen LogP contribution is -2.29. The van der Waals surface area contributed by atoms with Crippen LogP contribution in [0, 0.1) is 17.8 Å². The highest BCUT2D eigenvalue weighted by Crippen LogP contribution is 2.34. The van der Waals surface area contributed by atoms with Crippen LogP contribution < -0.4 is 0 Å². The normalized spacial score (nSPS) is 30.1. The molecule has 1 heterocycles. The number of ether oxygens (including phenoxy) is 2. The molecule has 0 amide bonds. The van der Waals surface area contributed by atoms with E-state index in [4.69, 9.17) is 14.6 Å². The number of aliphatic hydroxyl groups excluding tert-OH is 1. The molecule has 1 aliphatic rings. The van der Waals surface area contributed by atoms with Crippen LogP contribution in [-0.4, -0.2) is 29.7 Å². The summed E-state index contributed by atoms with van der Waals surface area (Å²) in [6.07, 6.45) is 5.13. The molecule has 3 nitrogen and oxygen atoms in total. The molecule has 112 valence electrons. The van der Waals surface area contributed by atoms with Crippen molar-refractivity contribution in [3.63, 3.8) is 0 Å². The third-order valence-electron chi connectivity index (χ3n) is 3.92. The van der Waals surface area contributed by atoms with E-state index < -0.39 is 5.79 Å². The van der Waals surface area contributed by atoms with Gasteiger partial charge >= 0.3 is 0 Å². The minimum absolute atomic E-state index is 0.0194. The van der Waals surface area contributed by atoms with E-state index in [1.807, 2.05) is 13.8 Å². The predicted octanol–water partition coefficient (Wildman–Crippen LogP) is 3.37. The van der Waals surface area contributed by atoms with Gasteiger partial charge in [0.2, 0.25) is 0 Å². The molecule has 1 N–H and O–H groups in total. The quantitative estimate of drug-likeness (QED) is 0.752. The molecule has 0 aromatic heterocycles. The van der Waals surface area contributed by atoms with Crippen molar-refractivity contribution in [1.82, 2.24) is 0 Å². The summed E-state index contributed by atoms with van der Waals surface area (Å²) in [6, 6.07) is 0. The van der Waals surface area contributed by atoms with Gasteiger partial charge in [0.25, 0.3) is 0 Å². The van der Waals surface area contributed by atoms with Crippen LogP contribution in [0.4, 0.5) is 0 Å². The molecular weight excluding hydrogens is 240 g/mol. The lowest BCUT2D eigenvalue weighted by atomic mass is 9.93. The highest BCUT2D eigenvalue weighted by molar-refractivity contribution is 4.98. The van der Waals surface area contributed by atoms with E-state index in [9.17, 15) is 0 Å². The van der Waals surface area contributed by atoms with Gasteiger partial charge < -0.3 is 14.6 Å². The van der Waals surface area contributed by atoms with Crippen molar-refractivity contribution in [2.24, 2.45) is 17.8 Å². The Morgan fingerprint density at radius 2 is 1.74 bits per heavy atom. The zero-order chi connectivity index (χ0) is 14.6. The average molecular weight is 270 g/mol. The Balaban J connectivity index is 2.66. The SMILES string of the molecule is CC(C)[C@H](C)/C=C\C(C)[C@H]1OC(C)(C)O[C@H]1CCO. The van der Waals surface area contributed by atoms with Crippen molar-refractivity contribution >= 4 is 0 Å². The fraction of sp³-hybridized carbons (Fsp3) is 0.875. The Morgan fingerprint density at radius 1 is 1.11 bits per heavy atom. The maximum absolute atomic E-state index is 9.13. The van der Waals surface area contributed by atoms with Gasteiger partial charge in [-0.2, -0.15) is 0 Å². The van der Waals surface area contributed by atoms with Crippen molar-refractivity contribution in [2.75, 3.05) is 6.61 Å². The highest BCUT2D eigenvalue weighted by Gasteiger charge is 2.42. The first-order valence-corrected chi connectivity index (χ1v) is 7.41. The lowest BCUT2D eigenvalue weighted by molar-refractivity contribution is -0.149.